The van der Waals surface area contributed by atoms with Gasteiger partial charge in [0.2, 0.25) is 11.8 Å². The van der Waals surface area contributed by atoms with Crippen LogP contribution in [-0.2, 0) is 27.4 Å². The van der Waals surface area contributed by atoms with Crippen molar-refractivity contribution in [2.75, 3.05) is 32.6 Å². The second kappa shape index (κ2) is 15.7. The van der Waals surface area contributed by atoms with Crippen molar-refractivity contribution < 1.29 is 29.4 Å². The van der Waals surface area contributed by atoms with Crippen molar-refractivity contribution in [3.63, 3.8) is 0 Å². The molecule has 1 aliphatic heterocycles. The minimum Gasteiger partial charge on any atom is -0.394 e. The van der Waals surface area contributed by atoms with Gasteiger partial charge in [0, 0.05) is 50.8 Å². The summed E-state index contributed by atoms with van der Waals surface area (Å²) in [5.41, 5.74) is 5.03. The van der Waals surface area contributed by atoms with Gasteiger partial charge in [-0.2, -0.15) is 5.06 Å². The molecule has 1 heterocycles. The Hall–Kier alpha value is -4.09. The monoisotopic (exact) mass is 724 g/mol. The highest BCUT2D eigenvalue weighted by Crippen LogP contribution is 2.61. The highest BCUT2D eigenvalue weighted by molar-refractivity contribution is 6.05. The summed E-state index contributed by atoms with van der Waals surface area (Å²) >= 11 is 0. The maximum Gasteiger partial charge on any atom is 0.260 e. The van der Waals surface area contributed by atoms with Gasteiger partial charge in [0.05, 0.1) is 19.3 Å². The van der Waals surface area contributed by atoms with E-state index in [4.69, 9.17) is 4.84 Å². The number of nitrogens with zero attached hydrogens (tertiary/aromatic N) is 3. The van der Waals surface area contributed by atoms with Crippen LogP contribution in [0.15, 0.2) is 72.8 Å². The maximum absolute atomic E-state index is 14.1. The maximum atomic E-state index is 14.1. The van der Waals surface area contributed by atoms with Crippen molar-refractivity contribution in [2.24, 2.45) is 29.1 Å². The number of amides is 3. The molecular formula is C43H56N4O6. The number of carbonyl (C=O) groups excluding carboxylic acids is 3. The molecule has 284 valence electrons. The molecule has 3 N–H and O–H groups in total. The molecule has 8 atom stereocenters. The van der Waals surface area contributed by atoms with Gasteiger partial charge in [-0.1, -0.05) is 69.3 Å². The Morgan fingerprint density at radius 1 is 0.962 bits per heavy atom. The molecule has 0 aromatic heterocycles. The first kappa shape index (κ1) is 38.6. The van der Waals surface area contributed by atoms with Gasteiger partial charge < -0.3 is 20.4 Å². The SMILES string of the molecule is C[C@@H]1[C@@H](NC(=O)[C@@H]2[C@H]([C@H](C)O)[C@H](CO)ON2Cc2cccc(-c3cc(C(=O)N(C)C(=O)CCc4ccccc4)cc(N(C)C)c3)c2)C[C@H]2C[C@@H]1C2(C)C. The third-order valence-corrected chi connectivity index (χ3v) is 12.5. The molecule has 0 radical (unpaired) electrons. The van der Waals surface area contributed by atoms with Gasteiger partial charge in [0.15, 0.2) is 0 Å². The van der Waals surface area contributed by atoms with E-state index >= 15 is 0 Å². The van der Waals surface area contributed by atoms with E-state index in [1.807, 2.05) is 79.7 Å². The number of hydrogen-bond donors (Lipinski definition) is 3. The van der Waals surface area contributed by atoms with Crippen molar-refractivity contribution in [2.45, 2.75) is 84.2 Å². The van der Waals surface area contributed by atoms with Crippen LogP contribution in [0.4, 0.5) is 5.69 Å². The Morgan fingerprint density at radius 3 is 2.32 bits per heavy atom. The average Bonchev–Trinajstić information content (AvgIpc) is 3.52. The highest BCUT2D eigenvalue weighted by atomic mass is 16.7. The van der Waals surface area contributed by atoms with E-state index in [1.54, 1.807) is 24.1 Å². The topological polar surface area (TPSA) is 123 Å². The molecule has 0 spiro atoms. The summed E-state index contributed by atoms with van der Waals surface area (Å²) in [6.07, 6.45) is 1.29. The lowest BCUT2D eigenvalue weighted by Crippen LogP contribution is -2.62. The molecule has 10 heteroatoms. The van der Waals surface area contributed by atoms with Crippen molar-refractivity contribution in [1.29, 1.82) is 0 Å². The first-order valence-corrected chi connectivity index (χ1v) is 19.0. The van der Waals surface area contributed by atoms with Gasteiger partial charge in [-0.15, -0.1) is 0 Å². The van der Waals surface area contributed by atoms with Crippen LogP contribution in [0.25, 0.3) is 11.1 Å². The molecule has 2 bridgehead atoms. The van der Waals surface area contributed by atoms with Crippen LogP contribution < -0.4 is 10.2 Å². The largest absolute Gasteiger partial charge is 0.394 e. The van der Waals surface area contributed by atoms with Gasteiger partial charge in [-0.05, 0) is 95.9 Å². The van der Waals surface area contributed by atoms with Crippen molar-refractivity contribution in [1.82, 2.24) is 15.3 Å². The lowest BCUT2D eigenvalue weighted by atomic mass is 9.45. The number of imide groups is 1. The van der Waals surface area contributed by atoms with Crippen LogP contribution in [0.3, 0.4) is 0 Å². The molecule has 1 saturated heterocycles. The predicted octanol–water partition coefficient (Wildman–Crippen LogP) is 5.31. The van der Waals surface area contributed by atoms with E-state index in [0.29, 0.717) is 29.7 Å². The quantitative estimate of drug-likeness (QED) is 0.230. The molecule has 3 amide bonds. The average molecular weight is 725 g/mol. The number of aliphatic hydroxyl groups is 2. The number of carbonyl (C=O) groups is 3. The van der Waals surface area contributed by atoms with E-state index in [-0.39, 0.29) is 48.8 Å². The second-order valence-corrected chi connectivity index (χ2v) is 16.3. The molecule has 3 aromatic rings. The molecule has 53 heavy (non-hydrogen) atoms. The summed E-state index contributed by atoms with van der Waals surface area (Å²) in [6.45, 7) is 8.45. The fraction of sp³-hybridized carbons (Fsp3) is 0.512. The number of rotatable bonds is 12. The lowest BCUT2D eigenvalue weighted by Gasteiger charge is -2.62. The third kappa shape index (κ3) is 7.92. The van der Waals surface area contributed by atoms with Gasteiger partial charge in [0.25, 0.3) is 5.91 Å². The van der Waals surface area contributed by atoms with Crippen LogP contribution >= 0.6 is 0 Å². The number of aliphatic hydroxyl groups excluding tert-OH is 2. The minimum absolute atomic E-state index is 0.0476. The van der Waals surface area contributed by atoms with Gasteiger partial charge in [0.1, 0.15) is 12.1 Å². The zero-order chi connectivity index (χ0) is 38.2. The zero-order valence-electron chi connectivity index (χ0n) is 32.2. The van der Waals surface area contributed by atoms with E-state index in [2.05, 4.69) is 26.1 Å². The molecule has 0 unspecified atom stereocenters. The molecule has 3 aromatic carbocycles. The zero-order valence-corrected chi connectivity index (χ0v) is 32.2. The smallest absolute Gasteiger partial charge is 0.260 e. The van der Waals surface area contributed by atoms with E-state index in [1.165, 1.54) is 18.4 Å². The first-order chi connectivity index (χ1) is 25.2. The summed E-state index contributed by atoms with van der Waals surface area (Å²) in [5.74, 6) is 0.0343. The van der Waals surface area contributed by atoms with E-state index in [0.717, 1.165) is 34.4 Å². The standard InChI is InChI=1S/C43H56N4O6/c1-26-35-22-33(43(35,3)4)23-36(26)44-41(51)40-39(27(2)49)37(25-48)53-47(40)24-29-14-11-15-30(18-29)31-19-32(21-34(20-31)45(5)6)42(52)46(7)38(50)17-16-28-12-9-8-10-13-28/h8-15,18-21,26-27,33,35-37,39-40,48-49H,16-17,22-25H2,1-7H3,(H,44,51)/t26-,27-,33+,35-,36-,37-,39+,40-/m0/s1. The fourth-order valence-electron chi connectivity index (χ4n) is 9.04. The number of benzene rings is 3. The number of hydrogen-bond acceptors (Lipinski definition) is 8. The summed E-state index contributed by atoms with van der Waals surface area (Å²) < 4.78 is 0. The lowest BCUT2D eigenvalue weighted by molar-refractivity contribution is -0.183. The van der Waals surface area contributed by atoms with Crippen molar-refractivity contribution >= 4 is 23.4 Å². The summed E-state index contributed by atoms with van der Waals surface area (Å²) in [6, 6.07) is 22.4. The van der Waals surface area contributed by atoms with Crippen LogP contribution in [0.5, 0.6) is 0 Å². The summed E-state index contributed by atoms with van der Waals surface area (Å²) in [4.78, 5) is 50.3. The summed E-state index contributed by atoms with van der Waals surface area (Å²) in [7, 11) is 5.34. The first-order valence-electron chi connectivity index (χ1n) is 19.0. The van der Waals surface area contributed by atoms with Crippen LogP contribution in [0.1, 0.15) is 68.4 Å². The Morgan fingerprint density at radius 2 is 1.68 bits per heavy atom. The number of aryl methyl sites for hydroxylation is 1. The number of anilines is 1. The molecule has 4 aliphatic rings. The molecule has 3 aliphatic carbocycles. The number of nitrogens with one attached hydrogen (secondary N) is 1. The Labute approximate surface area is 314 Å². The highest BCUT2D eigenvalue weighted by Gasteiger charge is 2.57. The Bertz CT molecular complexity index is 1790. The Kier molecular flexibility index (Phi) is 11.5. The fourth-order valence-corrected chi connectivity index (χ4v) is 9.04. The second-order valence-electron chi connectivity index (χ2n) is 16.3. The van der Waals surface area contributed by atoms with Gasteiger partial charge in [-0.3, -0.25) is 24.1 Å². The Balaban J connectivity index is 1.21. The third-order valence-electron chi connectivity index (χ3n) is 12.5. The molecule has 3 saturated carbocycles. The number of fused-ring (bicyclic) bond motifs is 2. The van der Waals surface area contributed by atoms with Crippen molar-refractivity contribution in [3.8, 4) is 11.1 Å². The minimum atomic E-state index is -0.886. The molecule has 7 rings (SSSR count). The van der Waals surface area contributed by atoms with Crippen molar-refractivity contribution in [3.05, 3.63) is 89.5 Å². The van der Waals surface area contributed by atoms with Crippen LogP contribution in [-0.4, -0.2) is 89.9 Å². The van der Waals surface area contributed by atoms with Gasteiger partial charge >= 0.3 is 0 Å². The van der Waals surface area contributed by atoms with Gasteiger partial charge in [-0.25, -0.2) is 0 Å². The molecular weight excluding hydrogens is 668 g/mol. The molecule has 10 nitrogen and oxygen atoms in total. The van der Waals surface area contributed by atoms with Crippen LogP contribution in [0, 0.1) is 29.1 Å². The van der Waals surface area contributed by atoms with E-state index in [9.17, 15) is 24.6 Å². The number of hydroxylamine groups is 2. The molecule has 4 fully saturated rings. The van der Waals surface area contributed by atoms with E-state index < -0.39 is 24.2 Å². The summed E-state index contributed by atoms with van der Waals surface area (Å²) in [5, 5.41) is 26.1. The predicted molar refractivity (Wildman–Crippen MR) is 206 cm³/mol. The van der Waals surface area contributed by atoms with Crippen LogP contribution in [0.2, 0.25) is 0 Å². The normalized spacial score (nSPS) is 26.7.